The maximum absolute atomic E-state index is 12.4. The largest absolute Gasteiger partial charge is 0.384 e. The Kier molecular flexibility index (Phi) is 3.58. The molecule has 1 aromatic carbocycles. The number of aromatic nitrogens is 1. The van der Waals surface area contributed by atoms with Crippen molar-refractivity contribution >= 4 is 10.0 Å². The van der Waals surface area contributed by atoms with E-state index >= 15 is 0 Å². The van der Waals surface area contributed by atoms with Gasteiger partial charge in [-0.25, -0.2) is 13.1 Å². The summed E-state index contributed by atoms with van der Waals surface area (Å²) in [4.78, 5) is 0.0439. The molecular weight excluding hydrogens is 304 g/mol. The van der Waals surface area contributed by atoms with E-state index in [2.05, 4.69) is 9.88 Å². The van der Waals surface area contributed by atoms with Crippen LogP contribution in [0.25, 0.3) is 0 Å². The topological polar surface area (TPSA) is 92.4 Å². The highest BCUT2D eigenvalue weighted by Crippen LogP contribution is 2.36. The third kappa shape index (κ3) is 2.45. The smallest absolute Gasteiger partial charge is 0.246 e. The standard InChI is InChI=1S/C15H18N2O4S/c1-10-14(11(2)21-17-10)22(19,20)16-9-15(18)8-7-12-5-3-4-6-13(12)15/h3-6,16,18H,7-9H2,1-2H3. The number of sulfonamides is 1. The van der Waals surface area contributed by atoms with Crippen molar-refractivity contribution < 1.29 is 18.0 Å². The fourth-order valence-corrected chi connectivity index (χ4v) is 4.41. The second-order valence-corrected chi connectivity index (χ2v) is 7.37. The molecule has 6 nitrogen and oxygen atoms in total. The van der Waals surface area contributed by atoms with Gasteiger partial charge in [-0.1, -0.05) is 29.4 Å². The maximum Gasteiger partial charge on any atom is 0.246 e. The van der Waals surface area contributed by atoms with Gasteiger partial charge >= 0.3 is 0 Å². The first-order valence-corrected chi connectivity index (χ1v) is 8.55. The molecule has 22 heavy (non-hydrogen) atoms. The van der Waals surface area contributed by atoms with Crippen molar-refractivity contribution in [2.45, 2.75) is 37.2 Å². The van der Waals surface area contributed by atoms with Gasteiger partial charge in [0.15, 0.2) is 5.76 Å². The zero-order chi connectivity index (χ0) is 16.0. The van der Waals surface area contributed by atoms with Gasteiger partial charge in [-0.05, 0) is 37.8 Å². The molecule has 2 N–H and O–H groups in total. The molecule has 0 aliphatic heterocycles. The molecule has 0 saturated heterocycles. The van der Waals surface area contributed by atoms with Crippen LogP contribution in [0.4, 0.5) is 0 Å². The molecule has 1 aliphatic rings. The first kappa shape index (κ1) is 15.2. The molecule has 118 valence electrons. The Hall–Kier alpha value is -1.70. The third-order valence-corrected chi connectivity index (χ3v) is 5.76. The first-order valence-electron chi connectivity index (χ1n) is 7.07. The summed E-state index contributed by atoms with van der Waals surface area (Å²) in [6.07, 6.45) is 1.23. The summed E-state index contributed by atoms with van der Waals surface area (Å²) in [7, 11) is -3.77. The Labute approximate surface area is 129 Å². The van der Waals surface area contributed by atoms with Gasteiger partial charge in [0.25, 0.3) is 0 Å². The molecule has 1 atom stereocenters. The van der Waals surface area contributed by atoms with Crippen LogP contribution in [-0.4, -0.2) is 25.2 Å². The van der Waals surface area contributed by atoms with E-state index in [4.69, 9.17) is 4.52 Å². The number of hydrogen-bond donors (Lipinski definition) is 2. The van der Waals surface area contributed by atoms with E-state index in [0.29, 0.717) is 12.1 Å². The summed E-state index contributed by atoms with van der Waals surface area (Å²) in [5.74, 6) is 0.240. The monoisotopic (exact) mass is 322 g/mol. The Bertz CT molecular complexity index is 793. The molecule has 7 heteroatoms. The summed E-state index contributed by atoms with van der Waals surface area (Å²) < 4.78 is 32.2. The molecule has 1 aromatic heterocycles. The molecule has 1 unspecified atom stereocenters. The average Bonchev–Trinajstić information content (AvgIpc) is 2.99. The van der Waals surface area contributed by atoms with E-state index in [9.17, 15) is 13.5 Å². The lowest BCUT2D eigenvalue weighted by Gasteiger charge is -2.24. The lowest BCUT2D eigenvalue weighted by molar-refractivity contribution is 0.0442. The molecule has 0 amide bonds. The number of hydrogen-bond acceptors (Lipinski definition) is 5. The Morgan fingerprint density at radius 2 is 2.09 bits per heavy atom. The van der Waals surface area contributed by atoms with Gasteiger partial charge in [-0.15, -0.1) is 0 Å². The molecule has 2 aromatic rings. The molecule has 0 bridgehead atoms. The second kappa shape index (κ2) is 5.19. The van der Waals surface area contributed by atoms with Gasteiger partial charge in [-0.2, -0.15) is 0 Å². The quantitative estimate of drug-likeness (QED) is 0.888. The molecule has 0 spiro atoms. The minimum absolute atomic E-state index is 0.0439. The van der Waals surface area contributed by atoms with Crippen LogP contribution in [0.15, 0.2) is 33.7 Å². The molecule has 1 heterocycles. The minimum atomic E-state index is -3.77. The molecule has 3 rings (SSSR count). The summed E-state index contributed by atoms with van der Waals surface area (Å²) in [5, 5.41) is 14.4. The van der Waals surface area contributed by atoms with Crippen molar-refractivity contribution in [2.75, 3.05) is 6.54 Å². The Balaban J connectivity index is 1.84. The van der Waals surface area contributed by atoms with Gasteiger partial charge in [-0.3, -0.25) is 0 Å². The van der Waals surface area contributed by atoms with Gasteiger partial charge in [0, 0.05) is 6.54 Å². The second-order valence-electron chi connectivity index (χ2n) is 5.67. The van der Waals surface area contributed by atoms with Crippen LogP contribution in [0.1, 0.15) is 29.0 Å². The number of fused-ring (bicyclic) bond motifs is 1. The van der Waals surface area contributed by atoms with Crippen molar-refractivity contribution in [3.05, 3.63) is 46.8 Å². The van der Waals surface area contributed by atoms with Gasteiger partial charge in [0.1, 0.15) is 16.2 Å². The lowest BCUT2D eigenvalue weighted by atomic mass is 9.96. The predicted octanol–water partition coefficient (Wildman–Crippen LogP) is 1.40. The van der Waals surface area contributed by atoms with Crippen molar-refractivity contribution in [1.82, 2.24) is 9.88 Å². The van der Waals surface area contributed by atoms with Crippen LogP contribution >= 0.6 is 0 Å². The van der Waals surface area contributed by atoms with Crippen LogP contribution in [-0.2, 0) is 22.0 Å². The van der Waals surface area contributed by atoms with Crippen LogP contribution in [0.5, 0.6) is 0 Å². The van der Waals surface area contributed by atoms with Crippen LogP contribution in [0, 0.1) is 13.8 Å². The fourth-order valence-electron chi connectivity index (χ4n) is 3.00. The molecule has 0 saturated carbocycles. The van der Waals surface area contributed by atoms with Crippen LogP contribution in [0.3, 0.4) is 0 Å². The van der Waals surface area contributed by atoms with E-state index in [0.717, 1.165) is 17.5 Å². The zero-order valence-electron chi connectivity index (χ0n) is 12.5. The van der Waals surface area contributed by atoms with E-state index < -0.39 is 15.6 Å². The molecule has 1 aliphatic carbocycles. The molecule has 0 fully saturated rings. The summed E-state index contributed by atoms with van der Waals surface area (Å²) in [6, 6.07) is 7.55. The van der Waals surface area contributed by atoms with Crippen LogP contribution < -0.4 is 4.72 Å². The molecule has 0 radical (unpaired) electrons. The van der Waals surface area contributed by atoms with Crippen molar-refractivity contribution in [3.63, 3.8) is 0 Å². The number of aliphatic hydroxyl groups is 1. The van der Waals surface area contributed by atoms with E-state index in [1.807, 2.05) is 24.3 Å². The predicted molar refractivity (Wildman–Crippen MR) is 79.8 cm³/mol. The maximum atomic E-state index is 12.4. The number of nitrogens with zero attached hydrogens (tertiary/aromatic N) is 1. The molecular formula is C15H18N2O4S. The number of aryl methyl sites for hydroxylation is 3. The minimum Gasteiger partial charge on any atom is -0.384 e. The average molecular weight is 322 g/mol. The van der Waals surface area contributed by atoms with Crippen molar-refractivity contribution in [2.24, 2.45) is 0 Å². The van der Waals surface area contributed by atoms with E-state index in [1.54, 1.807) is 13.8 Å². The zero-order valence-corrected chi connectivity index (χ0v) is 13.3. The van der Waals surface area contributed by atoms with Gasteiger partial charge < -0.3 is 9.63 Å². The number of benzene rings is 1. The highest BCUT2D eigenvalue weighted by molar-refractivity contribution is 7.89. The van der Waals surface area contributed by atoms with E-state index in [1.165, 1.54) is 0 Å². The third-order valence-electron chi connectivity index (χ3n) is 4.12. The van der Waals surface area contributed by atoms with Crippen molar-refractivity contribution in [3.8, 4) is 0 Å². The summed E-state index contributed by atoms with van der Waals surface area (Å²) in [6.45, 7) is 3.05. The number of rotatable bonds is 4. The highest BCUT2D eigenvalue weighted by Gasteiger charge is 2.38. The number of nitrogens with one attached hydrogen (secondary N) is 1. The van der Waals surface area contributed by atoms with E-state index in [-0.39, 0.29) is 17.2 Å². The lowest BCUT2D eigenvalue weighted by Crippen LogP contribution is -2.39. The van der Waals surface area contributed by atoms with Crippen LogP contribution in [0.2, 0.25) is 0 Å². The summed E-state index contributed by atoms with van der Waals surface area (Å²) in [5.41, 5.74) is 0.977. The highest BCUT2D eigenvalue weighted by atomic mass is 32.2. The van der Waals surface area contributed by atoms with Gasteiger partial charge in [0.2, 0.25) is 10.0 Å². The fraction of sp³-hybridized carbons (Fsp3) is 0.400. The SMILES string of the molecule is Cc1noc(C)c1S(=O)(=O)NCC1(O)CCc2ccccc21. The Morgan fingerprint density at radius 1 is 1.36 bits per heavy atom. The van der Waals surface area contributed by atoms with Gasteiger partial charge in [0.05, 0.1) is 0 Å². The first-order chi connectivity index (χ1) is 10.3. The summed E-state index contributed by atoms with van der Waals surface area (Å²) >= 11 is 0. The van der Waals surface area contributed by atoms with Crippen molar-refractivity contribution in [1.29, 1.82) is 0 Å². The Morgan fingerprint density at radius 3 is 2.77 bits per heavy atom. The normalized spacial score (nSPS) is 21.0.